The summed E-state index contributed by atoms with van der Waals surface area (Å²) in [5.74, 6) is 0.0663. The quantitative estimate of drug-likeness (QED) is 0.457. The minimum absolute atomic E-state index is 0.0663. The van der Waals surface area contributed by atoms with Gasteiger partial charge in [-0.25, -0.2) is 0 Å². The number of nitrogens with one attached hydrogen (secondary N) is 1. The molecule has 1 aliphatic heterocycles. The van der Waals surface area contributed by atoms with Crippen molar-refractivity contribution in [1.29, 1.82) is 0 Å². The third-order valence-electron chi connectivity index (χ3n) is 5.74. The second-order valence-corrected chi connectivity index (χ2v) is 8.20. The summed E-state index contributed by atoms with van der Waals surface area (Å²) in [5.41, 5.74) is 4.24. The van der Waals surface area contributed by atoms with E-state index < -0.39 is 0 Å². The molecule has 0 spiro atoms. The van der Waals surface area contributed by atoms with E-state index in [1.165, 1.54) is 11.1 Å². The number of benzene rings is 3. The third kappa shape index (κ3) is 5.19. The first-order valence-electron chi connectivity index (χ1n) is 10.6. The molecule has 3 aromatic rings. The van der Waals surface area contributed by atoms with Crippen molar-refractivity contribution in [1.82, 2.24) is 9.80 Å². The lowest BCUT2D eigenvalue weighted by atomic mass is 9.96. The number of anilines is 1. The van der Waals surface area contributed by atoms with Gasteiger partial charge in [-0.1, -0.05) is 60.7 Å². The first-order valence-corrected chi connectivity index (χ1v) is 11.0. The normalized spacial score (nSPS) is 14.5. The summed E-state index contributed by atoms with van der Waals surface area (Å²) < 4.78 is 0. The SMILES string of the molecule is CC(=O)c1ccc(NC(=S)N2CCN(C(c3ccccc3)c3ccccc3)CC2)cc1. The Balaban J connectivity index is 1.41. The molecule has 0 amide bonds. The lowest BCUT2D eigenvalue weighted by Gasteiger charge is -2.40. The molecule has 1 aliphatic rings. The Morgan fingerprint density at radius 2 is 1.32 bits per heavy atom. The Hall–Kier alpha value is -3.02. The predicted octanol–water partition coefficient (Wildman–Crippen LogP) is 4.99. The van der Waals surface area contributed by atoms with Crippen molar-refractivity contribution >= 4 is 28.8 Å². The monoisotopic (exact) mass is 429 g/mol. The molecule has 5 heteroatoms. The van der Waals surface area contributed by atoms with Crippen LogP contribution in [0.3, 0.4) is 0 Å². The number of thiocarbonyl (C=S) groups is 1. The summed E-state index contributed by atoms with van der Waals surface area (Å²) in [6, 6.07) is 29.1. The van der Waals surface area contributed by atoms with Gasteiger partial charge in [-0.05, 0) is 54.5 Å². The van der Waals surface area contributed by atoms with Crippen molar-refractivity contribution in [3.8, 4) is 0 Å². The van der Waals surface area contributed by atoms with Gasteiger partial charge in [0, 0.05) is 37.4 Å². The molecular formula is C26H27N3OS. The largest absolute Gasteiger partial charge is 0.346 e. The molecule has 31 heavy (non-hydrogen) atoms. The molecule has 0 bridgehead atoms. The maximum atomic E-state index is 11.5. The molecule has 1 N–H and O–H groups in total. The van der Waals surface area contributed by atoms with Crippen molar-refractivity contribution in [3.63, 3.8) is 0 Å². The number of hydrogen-bond donors (Lipinski definition) is 1. The second-order valence-electron chi connectivity index (χ2n) is 7.81. The van der Waals surface area contributed by atoms with Gasteiger partial charge in [-0.15, -0.1) is 0 Å². The van der Waals surface area contributed by atoms with Crippen LogP contribution >= 0.6 is 12.2 Å². The number of piperazine rings is 1. The fourth-order valence-electron chi connectivity index (χ4n) is 4.06. The van der Waals surface area contributed by atoms with Crippen LogP contribution < -0.4 is 5.32 Å². The van der Waals surface area contributed by atoms with Crippen molar-refractivity contribution in [3.05, 3.63) is 102 Å². The standard InChI is InChI=1S/C26H27N3OS/c1-20(30)21-12-14-24(15-13-21)27-26(31)29-18-16-28(17-19-29)25(22-8-4-2-5-9-22)23-10-6-3-7-11-23/h2-15,25H,16-19H2,1H3,(H,27,31). The minimum Gasteiger partial charge on any atom is -0.346 e. The minimum atomic E-state index is 0.0663. The molecule has 0 saturated carbocycles. The van der Waals surface area contributed by atoms with Gasteiger partial charge in [0.25, 0.3) is 0 Å². The van der Waals surface area contributed by atoms with E-state index in [-0.39, 0.29) is 11.8 Å². The van der Waals surface area contributed by atoms with E-state index in [4.69, 9.17) is 12.2 Å². The third-order valence-corrected chi connectivity index (χ3v) is 6.10. The van der Waals surface area contributed by atoms with E-state index in [1.54, 1.807) is 6.92 Å². The number of rotatable bonds is 5. The number of carbonyl (C=O) groups excluding carboxylic acids is 1. The van der Waals surface area contributed by atoms with E-state index in [2.05, 4.69) is 75.8 Å². The maximum Gasteiger partial charge on any atom is 0.173 e. The Bertz CT molecular complexity index is 974. The van der Waals surface area contributed by atoms with Crippen LogP contribution in [0.5, 0.6) is 0 Å². The van der Waals surface area contributed by atoms with Gasteiger partial charge >= 0.3 is 0 Å². The highest BCUT2D eigenvalue weighted by Gasteiger charge is 2.27. The molecule has 1 saturated heterocycles. The Labute approximate surface area is 189 Å². The topological polar surface area (TPSA) is 35.6 Å². The summed E-state index contributed by atoms with van der Waals surface area (Å²) >= 11 is 5.66. The van der Waals surface area contributed by atoms with Crippen LogP contribution in [0, 0.1) is 0 Å². The lowest BCUT2D eigenvalue weighted by molar-refractivity contribution is 0.101. The average molecular weight is 430 g/mol. The van der Waals surface area contributed by atoms with Gasteiger partial charge in [0.2, 0.25) is 0 Å². The van der Waals surface area contributed by atoms with Crippen LogP contribution in [0.1, 0.15) is 34.5 Å². The van der Waals surface area contributed by atoms with Gasteiger partial charge < -0.3 is 10.2 Å². The van der Waals surface area contributed by atoms with Crippen LogP contribution in [0.15, 0.2) is 84.9 Å². The Morgan fingerprint density at radius 3 is 1.81 bits per heavy atom. The zero-order valence-electron chi connectivity index (χ0n) is 17.7. The van der Waals surface area contributed by atoms with E-state index in [1.807, 2.05) is 24.3 Å². The Morgan fingerprint density at radius 1 is 0.806 bits per heavy atom. The highest BCUT2D eigenvalue weighted by atomic mass is 32.1. The highest BCUT2D eigenvalue weighted by molar-refractivity contribution is 7.80. The van der Waals surface area contributed by atoms with Gasteiger partial charge in [-0.2, -0.15) is 0 Å². The number of carbonyl (C=O) groups is 1. The Kier molecular flexibility index (Phi) is 6.75. The molecule has 158 valence electrons. The number of ketones is 1. The molecule has 4 nitrogen and oxygen atoms in total. The highest BCUT2D eigenvalue weighted by Crippen LogP contribution is 2.29. The molecule has 0 atom stereocenters. The smallest absolute Gasteiger partial charge is 0.173 e. The first-order chi connectivity index (χ1) is 15.1. The fourth-order valence-corrected chi connectivity index (χ4v) is 4.36. The molecule has 0 aliphatic carbocycles. The molecule has 0 aromatic heterocycles. The van der Waals surface area contributed by atoms with Crippen LogP contribution in [0.2, 0.25) is 0 Å². The van der Waals surface area contributed by atoms with Crippen LogP contribution in [0.25, 0.3) is 0 Å². The fraction of sp³-hybridized carbons (Fsp3) is 0.231. The number of nitrogens with zero attached hydrogens (tertiary/aromatic N) is 2. The summed E-state index contributed by atoms with van der Waals surface area (Å²) in [5, 5.41) is 4.04. The summed E-state index contributed by atoms with van der Waals surface area (Å²) in [6.07, 6.45) is 0. The number of hydrogen-bond acceptors (Lipinski definition) is 3. The van der Waals surface area contributed by atoms with E-state index in [9.17, 15) is 4.79 Å². The van der Waals surface area contributed by atoms with Crippen molar-refractivity contribution in [2.24, 2.45) is 0 Å². The van der Waals surface area contributed by atoms with Gasteiger partial charge in [-0.3, -0.25) is 9.69 Å². The van der Waals surface area contributed by atoms with Gasteiger partial charge in [0.15, 0.2) is 10.9 Å². The van der Waals surface area contributed by atoms with E-state index >= 15 is 0 Å². The van der Waals surface area contributed by atoms with E-state index in [0.717, 1.165) is 37.0 Å². The van der Waals surface area contributed by atoms with Crippen LogP contribution in [-0.4, -0.2) is 46.9 Å². The maximum absolute atomic E-state index is 11.5. The molecule has 3 aromatic carbocycles. The van der Waals surface area contributed by atoms with Gasteiger partial charge in [0.05, 0.1) is 6.04 Å². The zero-order valence-corrected chi connectivity index (χ0v) is 18.5. The van der Waals surface area contributed by atoms with Crippen molar-refractivity contribution < 1.29 is 4.79 Å². The van der Waals surface area contributed by atoms with Crippen molar-refractivity contribution in [2.75, 3.05) is 31.5 Å². The zero-order chi connectivity index (χ0) is 21.6. The lowest BCUT2D eigenvalue weighted by Crippen LogP contribution is -2.50. The molecule has 0 radical (unpaired) electrons. The van der Waals surface area contributed by atoms with Gasteiger partial charge in [0.1, 0.15) is 0 Å². The molecule has 1 fully saturated rings. The summed E-state index contributed by atoms with van der Waals surface area (Å²) in [6.45, 7) is 5.17. The van der Waals surface area contributed by atoms with Crippen LogP contribution in [0.4, 0.5) is 5.69 Å². The predicted molar refractivity (Wildman–Crippen MR) is 131 cm³/mol. The average Bonchev–Trinajstić information content (AvgIpc) is 2.81. The second kappa shape index (κ2) is 9.86. The van der Waals surface area contributed by atoms with Crippen LogP contribution in [-0.2, 0) is 0 Å². The molecule has 0 unspecified atom stereocenters. The molecular weight excluding hydrogens is 402 g/mol. The van der Waals surface area contributed by atoms with Crippen molar-refractivity contribution in [2.45, 2.75) is 13.0 Å². The molecule has 1 heterocycles. The van der Waals surface area contributed by atoms with E-state index in [0.29, 0.717) is 5.56 Å². The first kappa shape index (κ1) is 21.2. The molecule has 4 rings (SSSR count). The summed E-state index contributed by atoms with van der Waals surface area (Å²) in [7, 11) is 0. The summed E-state index contributed by atoms with van der Waals surface area (Å²) in [4.78, 5) is 16.2. The number of Topliss-reactive ketones (excluding diaryl/α,β-unsaturated/α-hetero) is 1.